The van der Waals surface area contributed by atoms with Gasteiger partial charge in [-0.25, -0.2) is 4.79 Å². The van der Waals surface area contributed by atoms with Crippen LogP contribution in [0, 0.1) is 0 Å². The van der Waals surface area contributed by atoms with Crippen LogP contribution in [0.5, 0.6) is 0 Å². The molecule has 0 aliphatic rings. The second-order valence-electron chi connectivity index (χ2n) is 3.62. The Hall–Kier alpha value is -1.10. The summed E-state index contributed by atoms with van der Waals surface area (Å²) in [7, 11) is 0. The number of aliphatic carboxylic acids is 1. The van der Waals surface area contributed by atoms with Crippen LogP contribution >= 0.6 is 0 Å². The maximum Gasteiger partial charge on any atom is 0.326 e. The average Bonchev–Trinajstić information content (AvgIpc) is 2.16. The molecule has 0 fully saturated rings. The first-order valence-electron chi connectivity index (χ1n) is 5.29. The van der Waals surface area contributed by atoms with E-state index >= 15 is 0 Å². The summed E-state index contributed by atoms with van der Waals surface area (Å²) in [4.78, 5) is 22.1. The maximum absolute atomic E-state index is 11.3. The molecule has 0 radical (unpaired) electrons. The van der Waals surface area contributed by atoms with Gasteiger partial charge in [0.05, 0.1) is 0 Å². The van der Waals surface area contributed by atoms with Crippen molar-refractivity contribution < 1.29 is 14.7 Å². The number of hydrogen-bond acceptors (Lipinski definition) is 3. The normalized spacial score (nSPS) is 14.3. The van der Waals surface area contributed by atoms with Gasteiger partial charge in [0.15, 0.2) is 0 Å². The van der Waals surface area contributed by atoms with E-state index in [1.807, 2.05) is 13.8 Å². The highest BCUT2D eigenvalue weighted by Crippen LogP contribution is 1.99. The first kappa shape index (κ1) is 13.9. The van der Waals surface area contributed by atoms with Crippen LogP contribution in [0.4, 0.5) is 0 Å². The standard InChI is InChI=1S/C10H20N2O3/c1-3-5-8(10(14)15)12-9(13)6-7(11)4-2/h7-8H,3-6,11H2,1-2H3,(H,12,13)(H,14,15). The Labute approximate surface area is 90.0 Å². The lowest BCUT2D eigenvalue weighted by atomic mass is 10.1. The Morgan fingerprint density at radius 2 is 2.00 bits per heavy atom. The number of nitrogens with two attached hydrogens (primary N) is 1. The van der Waals surface area contributed by atoms with Crippen molar-refractivity contribution in [1.29, 1.82) is 0 Å². The smallest absolute Gasteiger partial charge is 0.326 e. The van der Waals surface area contributed by atoms with Gasteiger partial charge in [0, 0.05) is 12.5 Å². The summed E-state index contributed by atoms with van der Waals surface area (Å²) >= 11 is 0. The van der Waals surface area contributed by atoms with Gasteiger partial charge in [-0.2, -0.15) is 0 Å². The number of rotatable bonds is 7. The zero-order chi connectivity index (χ0) is 11.8. The van der Waals surface area contributed by atoms with Crippen molar-refractivity contribution in [2.75, 3.05) is 0 Å². The highest BCUT2D eigenvalue weighted by Gasteiger charge is 2.19. The Kier molecular flexibility index (Phi) is 6.70. The fourth-order valence-corrected chi connectivity index (χ4v) is 1.18. The predicted octanol–water partition coefficient (Wildman–Crippen LogP) is 0.483. The largest absolute Gasteiger partial charge is 0.480 e. The van der Waals surface area contributed by atoms with E-state index in [0.717, 1.165) is 6.42 Å². The van der Waals surface area contributed by atoms with Crippen molar-refractivity contribution in [2.24, 2.45) is 5.73 Å². The SMILES string of the molecule is CCCC(NC(=O)CC(N)CC)C(=O)O. The van der Waals surface area contributed by atoms with E-state index in [1.165, 1.54) is 0 Å². The van der Waals surface area contributed by atoms with Crippen molar-refractivity contribution in [1.82, 2.24) is 5.32 Å². The fraction of sp³-hybridized carbons (Fsp3) is 0.800. The molecule has 0 spiro atoms. The lowest BCUT2D eigenvalue weighted by Crippen LogP contribution is -2.42. The summed E-state index contributed by atoms with van der Waals surface area (Å²) in [5, 5.41) is 11.3. The summed E-state index contributed by atoms with van der Waals surface area (Å²) < 4.78 is 0. The third kappa shape index (κ3) is 6.06. The van der Waals surface area contributed by atoms with Crippen LogP contribution in [0.25, 0.3) is 0 Å². The molecular weight excluding hydrogens is 196 g/mol. The van der Waals surface area contributed by atoms with Gasteiger partial charge < -0.3 is 16.2 Å². The monoisotopic (exact) mass is 216 g/mol. The Morgan fingerprint density at radius 1 is 1.40 bits per heavy atom. The number of carboxylic acids is 1. The van der Waals surface area contributed by atoms with Crippen LogP contribution in [0.1, 0.15) is 39.5 Å². The second-order valence-corrected chi connectivity index (χ2v) is 3.62. The third-order valence-electron chi connectivity index (χ3n) is 2.18. The topological polar surface area (TPSA) is 92.4 Å². The van der Waals surface area contributed by atoms with Crippen LogP contribution in [-0.4, -0.2) is 29.1 Å². The Balaban J connectivity index is 4.05. The molecule has 2 unspecified atom stereocenters. The number of carbonyl (C=O) groups excluding carboxylic acids is 1. The molecule has 0 aliphatic carbocycles. The summed E-state index contributed by atoms with van der Waals surface area (Å²) in [6.45, 7) is 3.76. The van der Waals surface area contributed by atoms with Crippen molar-refractivity contribution in [3.8, 4) is 0 Å². The average molecular weight is 216 g/mol. The highest BCUT2D eigenvalue weighted by molar-refractivity contribution is 5.83. The lowest BCUT2D eigenvalue weighted by molar-refractivity contribution is -0.142. The molecular formula is C10H20N2O3. The van der Waals surface area contributed by atoms with Gasteiger partial charge in [-0.3, -0.25) is 4.79 Å². The Bertz CT molecular complexity index is 219. The zero-order valence-corrected chi connectivity index (χ0v) is 9.32. The minimum Gasteiger partial charge on any atom is -0.480 e. The quantitative estimate of drug-likeness (QED) is 0.577. The minimum atomic E-state index is -0.990. The van der Waals surface area contributed by atoms with Crippen LogP contribution in [0.2, 0.25) is 0 Å². The van der Waals surface area contributed by atoms with Gasteiger partial charge in [0.2, 0.25) is 5.91 Å². The highest BCUT2D eigenvalue weighted by atomic mass is 16.4. The molecule has 0 bridgehead atoms. The van der Waals surface area contributed by atoms with Crippen molar-refractivity contribution in [2.45, 2.75) is 51.6 Å². The molecule has 0 aliphatic heterocycles. The molecule has 0 aromatic carbocycles. The summed E-state index contributed by atoms with van der Waals surface area (Å²) in [6.07, 6.45) is 2.06. The molecule has 0 rings (SSSR count). The van der Waals surface area contributed by atoms with Gasteiger partial charge in [0.25, 0.3) is 0 Å². The molecule has 5 heteroatoms. The minimum absolute atomic E-state index is 0.185. The van der Waals surface area contributed by atoms with Crippen LogP contribution in [-0.2, 0) is 9.59 Å². The first-order valence-corrected chi connectivity index (χ1v) is 5.29. The maximum atomic E-state index is 11.3. The van der Waals surface area contributed by atoms with E-state index in [4.69, 9.17) is 10.8 Å². The summed E-state index contributed by atoms with van der Waals surface area (Å²) in [5.41, 5.74) is 5.59. The van der Waals surface area contributed by atoms with E-state index in [9.17, 15) is 9.59 Å². The molecule has 1 amide bonds. The summed E-state index contributed by atoms with van der Waals surface area (Å²) in [5.74, 6) is -1.28. The number of carbonyl (C=O) groups is 2. The molecule has 0 aromatic heterocycles. The fourth-order valence-electron chi connectivity index (χ4n) is 1.18. The molecule has 5 nitrogen and oxygen atoms in total. The molecule has 0 saturated carbocycles. The van der Waals surface area contributed by atoms with E-state index in [0.29, 0.717) is 12.8 Å². The molecule has 15 heavy (non-hydrogen) atoms. The molecule has 88 valence electrons. The predicted molar refractivity (Wildman–Crippen MR) is 57.4 cm³/mol. The third-order valence-corrected chi connectivity index (χ3v) is 2.18. The number of carboxylic acid groups (broad SMARTS) is 1. The van der Waals surface area contributed by atoms with Crippen LogP contribution in [0.3, 0.4) is 0 Å². The van der Waals surface area contributed by atoms with Gasteiger partial charge >= 0.3 is 5.97 Å². The van der Waals surface area contributed by atoms with Crippen LogP contribution in [0.15, 0.2) is 0 Å². The van der Waals surface area contributed by atoms with Gasteiger partial charge in [0.1, 0.15) is 6.04 Å². The molecule has 0 saturated heterocycles. The van der Waals surface area contributed by atoms with E-state index < -0.39 is 12.0 Å². The van der Waals surface area contributed by atoms with Crippen molar-refractivity contribution in [3.63, 3.8) is 0 Å². The molecule has 0 aromatic rings. The van der Waals surface area contributed by atoms with Gasteiger partial charge in [-0.15, -0.1) is 0 Å². The van der Waals surface area contributed by atoms with Crippen molar-refractivity contribution in [3.05, 3.63) is 0 Å². The molecule has 2 atom stereocenters. The van der Waals surface area contributed by atoms with Crippen molar-refractivity contribution >= 4 is 11.9 Å². The number of hydrogen-bond donors (Lipinski definition) is 3. The second kappa shape index (κ2) is 7.23. The number of nitrogens with one attached hydrogen (secondary N) is 1. The lowest BCUT2D eigenvalue weighted by Gasteiger charge is -2.15. The van der Waals surface area contributed by atoms with Gasteiger partial charge in [-0.1, -0.05) is 20.3 Å². The van der Waals surface area contributed by atoms with Gasteiger partial charge in [-0.05, 0) is 12.8 Å². The van der Waals surface area contributed by atoms with E-state index in [-0.39, 0.29) is 18.4 Å². The number of amides is 1. The molecule has 0 heterocycles. The van der Waals surface area contributed by atoms with E-state index in [1.54, 1.807) is 0 Å². The first-order chi connectivity index (χ1) is 7.01. The Morgan fingerprint density at radius 3 is 2.40 bits per heavy atom. The molecule has 4 N–H and O–H groups in total. The van der Waals surface area contributed by atoms with Crippen LogP contribution < -0.4 is 11.1 Å². The summed E-state index contributed by atoms with van der Waals surface area (Å²) in [6, 6.07) is -0.979. The van der Waals surface area contributed by atoms with E-state index in [2.05, 4.69) is 5.32 Å². The zero-order valence-electron chi connectivity index (χ0n) is 9.32.